The Morgan fingerprint density at radius 1 is 1.11 bits per heavy atom. The smallest absolute Gasteiger partial charge is 0.410 e. The summed E-state index contributed by atoms with van der Waals surface area (Å²) in [6.45, 7) is 3.65. The number of hydrogen-bond donors (Lipinski definition) is 1. The molecule has 2 aromatic carbocycles. The number of pyridine rings is 1. The van der Waals surface area contributed by atoms with Gasteiger partial charge in [0.2, 0.25) is 0 Å². The van der Waals surface area contributed by atoms with E-state index in [1.165, 1.54) is 18.2 Å². The summed E-state index contributed by atoms with van der Waals surface area (Å²) in [5.74, 6) is 0.0119. The Morgan fingerprint density at radius 2 is 1.92 bits per heavy atom. The van der Waals surface area contributed by atoms with Crippen molar-refractivity contribution in [3.05, 3.63) is 71.8 Å². The average Bonchev–Trinajstić information content (AvgIpc) is 2.89. The van der Waals surface area contributed by atoms with Crippen LogP contribution in [0, 0.1) is 11.2 Å². The molecule has 0 saturated carbocycles. The fourth-order valence-electron chi connectivity index (χ4n) is 5.18. The molecule has 1 N–H and O–H groups in total. The number of piperidine rings is 1. The predicted molar refractivity (Wildman–Crippen MR) is 144 cm³/mol. The van der Waals surface area contributed by atoms with Gasteiger partial charge < -0.3 is 19.9 Å². The molecule has 0 aliphatic carbocycles. The second-order valence-electron chi connectivity index (χ2n) is 10.1. The monoisotopic (exact) mass is 532 g/mol. The first-order valence-corrected chi connectivity index (χ1v) is 12.8. The Hall–Kier alpha value is -3.82. The molecule has 2 aliphatic rings. The molecule has 4 aromatic rings. The van der Waals surface area contributed by atoms with E-state index in [2.05, 4.69) is 32.4 Å². The molecule has 6 rings (SSSR count). The van der Waals surface area contributed by atoms with Gasteiger partial charge in [0, 0.05) is 52.4 Å². The van der Waals surface area contributed by atoms with Gasteiger partial charge in [0.25, 0.3) is 0 Å². The summed E-state index contributed by atoms with van der Waals surface area (Å²) < 4.78 is 20.0. The van der Waals surface area contributed by atoms with Crippen molar-refractivity contribution in [2.45, 2.75) is 12.8 Å². The molecule has 2 fully saturated rings. The van der Waals surface area contributed by atoms with Gasteiger partial charge in [-0.25, -0.2) is 9.18 Å². The zero-order valence-corrected chi connectivity index (χ0v) is 21.6. The number of fused-ring (bicyclic) bond motifs is 1. The molecular formula is C28H26ClFN6O2. The summed E-state index contributed by atoms with van der Waals surface area (Å²) in [5, 5.41) is 12.6. The van der Waals surface area contributed by atoms with E-state index in [9.17, 15) is 9.18 Å². The highest BCUT2D eigenvalue weighted by molar-refractivity contribution is 6.30. The van der Waals surface area contributed by atoms with Crippen LogP contribution in [0.2, 0.25) is 5.02 Å². The first kappa shape index (κ1) is 24.5. The van der Waals surface area contributed by atoms with Crippen LogP contribution in [0.25, 0.3) is 22.2 Å². The number of nitrogens with zero attached hydrogens (tertiary/aromatic N) is 5. The van der Waals surface area contributed by atoms with Gasteiger partial charge in [-0.15, -0.1) is 0 Å². The van der Waals surface area contributed by atoms with Gasteiger partial charge in [-0.1, -0.05) is 11.6 Å². The van der Waals surface area contributed by atoms with Crippen molar-refractivity contribution >= 4 is 40.0 Å². The normalized spacial score (nSPS) is 16.9. The van der Waals surface area contributed by atoms with Crippen LogP contribution in [-0.4, -0.2) is 64.3 Å². The number of benzene rings is 2. The molecule has 1 amide bonds. The van der Waals surface area contributed by atoms with E-state index < -0.39 is 5.82 Å². The molecule has 38 heavy (non-hydrogen) atoms. The van der Waals surface area contributed by atoms with Crippen LogP contribution in [0.3, 0.4) is 0 Å². The molecule has 2 aliphatic heterocycles. The van der Waals surface area contributed by atoms with Crippen molar-refractivity contribution in [3.63, 3.8) is 0 Å². The van der Waals surface area contributed by atoms with Gasteiger partial charge in [-0.2, -0.15) is 10.2 Å². The fraction of sp³-hybridized carbons (Fsp3) is 0.286. The number of carbonyl (C=O) groups excluding carboxylic acids is 1. The molecular weight excluding hydrogens is 507 g/mol. The van der Waals surface area contributed by atoms with Gasteiger partial charge in [-0.05, 0) is 75.4 Å². The number of likely N-dealkylation sites (tertiary alicyclic amines) is 2. The van der Waals surface area contributed by atoms with Crippen molar-refractivity contribution < 1.29 is 13.9 Å². The number of ether oxygens (including phenoxy) is 1. The lowest BCUT2D eigenvalue weighted by atomic mass is 9.72. The second kappa shape index (κ2) is 9.81. The first-order valence-electron chi connectivity index (χ1n) is 12.5. The molecule has 0 radical (unpaired) electrons. The predicted octanol–water partition coefficient (Wildman–Crippen LogP) is 5.75. The summed E-state index contributed by atoms with van der Waals surface area (Å²) in [4.78, 5) is 21.3. The summed E-state index contributed by atoms with van der Waals surface area (Å²) >= 11 is 6.04. The fourth-order valence-corrected chi connectivity index (χ4v) is 5.36. The lowest BCUT2D eigenvalue weighted by Crippen LogP contribution is -2.62. The summed E-state index contributed by atoms with van der Waals surface area (Å²) in [7, 11) is 2.14. The van der Waals surface area contributed by atoms with Crippen molar-refractivity contribution in [1.82, 2.24) is 25.0 Å². The molecule has 10 heteroatoms. The molecule has 8 nitrogen and oxygen atoms in total. The van der Waals surface area contributed by atoms with E-state index in [0.29, 0.717) is 27.7 Å². The van der Waals surface area contributed by atoms with Gasteiger partial charge >= 0.3 is 6.09 Å². The highest BCUT2D eigenvalue weighted by Gasteiger charge is 2.46. The Morgan fingerprint density at radius 3 is 2.74 bits per heavy atom. The van der Waals surface area contributed by atoms with Gasteiger partial charge in [-0.3, -0.25) is 4.98 Å². The maximum Gasteiger partial charge on any atom is 0.415 e. The molecule has 2 aromatic heterocycles. The van der Waals surface area contributed by atoms with E-state index >= 15 is 0 Å². The Balaban J connectivity index is 1.16. The third kappa shape index (κ3) is 4.87. The lowest BCUT2D eigenvalue weighted by Gasteiger charge is -2.52. The zero-order chi connectivity index (χ0) is 26.3. The van der Waals surface area contributed by atoms with Crippen LogP contribution in [0.5, 0.6) is 5.75 Å². The molecule has 194 valence electrons. The quantitative estimate of drug-likeness (QED) is 0.358. The van der Waals surface area contributed by atoms with Gasteiger partial charge in [0.1, 0.15) is 11.6 Å². The highest BCUT2D eigenvalue weighted by Crippen LogP contribution is 2.40. The minimum atomic E-state index is -0.433. The van der Waals surface area contributed by atoms with E-state index in [4.69, 9.17) is 16.3 Å². The van der Waals surface area contributed by atoms with Crippen molar-refractivity contribution in [3.8, 4) is 17.0 Å². The zero-order valence-electron chi connectivity index (χ0n) is 20.8. The van der Waals surface area contributed by atoms with E-state index in [-0.39, 0.29) is 17.1 Å². The minimum absolute atomic E-state index is 0.247. The van der Waals surface area contributed by atoms with Crippen LogP contribution in [0.15, 0.2) is 60.9 Å². The lowest BCUT2D eigenvalue weighted by molar-refractivity contribution is -0.0272. The highest BCUT2D eigenvalue weighted by atomic mass is 35.5. The number of hydrogen-bond acceptors (Lipinski definition) is 7. The third-order valence-corrected chi connectivity index (χ3v) is 7.65. The van der Waals surface area contributed by atoms with Crippen molar-refractivity contribution in [2.75, 3.05) is 38.5 Å². The molecule has 2 saturated heterocycles. The van der Waals surface area contributed by atoms with Crippen LogP contribution in [0.4, 0.5) is 20.6 Å². The van der Waals surface area contributed by atoms with Crippen LogP contribution >= 0.6 is 11.6 Å². The number of carbonyl (C=O) groups is 1. The topological polar surface area (TPSA) is 83.5 Å². The SMILES string of the molecule is CN1CCC2(CC1)CN(C(=O)Oc1ccc3c(Nc4cnnc(-c5cc(Cl)ccc5F)c4)ccnc3c1)C2. The average molecular weight is 533 g/mol. The first-order chi connectivity index (χ1) is 18.4. The number of anilines is 2. The van der Waals surface area contributed by atoms with E-state index in [1.54, 1.807) is 35.5 Å². The third-order valence-electron chi connectivity index (χ3n) is 7.42. The second-order valence-corrected chi connectivity index (χ2v) is 10.6. The summed E-state index contributed by atoms with van der Waals surface area (Å²) in [6, 6.07) is 13.2. The minimum Gasteiger partial charge on any atom is -0.410 e. The number of halogens is 2. The molecule has 4 heterocycles. The summed E-state index contributed by atoms with van der Waals surface area (Å²) in [5.41, 5.74) is 2.93. The van der Waals surface area contributed by atoms with Crippen LogP contribution in [0.1, 0.15) is 12.8 Å². The number of rotatable bonds is 4. The maximum atomic E-state index is 14.3. The van der Waals surface area contributed by atoms with Crippen molar-refractivity contribution in [1.29, 1.82) is 0 Å². The molecule has 0 atom stereocenters. The summed E-state index contributed by atoms with van der Waals surface area (Å²) in [6.07, 6.45) is 5.13. The standard InChI is InChI=1S/C28H26ClFN6O2/c1-35-10-7-28(8-11-35)16-36(17-28)27(37)38-20-3-4-21-24(6-9-31-25(21)14-20)33-19-13-26(34-32-15-19)22-12-18(29)2-5-23(22)30/h2-6,9,12-15H,7-8,10-11,16-17H2,1H3,(H,31,33,34). The number of amides is 1. The molecule has 0 unspecified atom stereocenters. The maximum absolute atomic E-state index is 14.3. The van der Waals surface area contributed by atoms with Crippen LogP contribution < -0.4 is 10.1 Å². The molecule has 0 bridgehead atoms. The van der Waals surface area contributed by atoms with E-state index in [1.807, 2.05) is 12.1 Å². The number of aromatic nitrogens is 3. The van der Waals surface area contributed by atoms with Gasteiger partial charge in [0.05, 0.1) is 23.1 Å². The van der Waals surface area contributed by atoms with Gasteiger partial charge in [0.15, 0.2) is 0 Å². The number of nitrogens with one attached hydrogen (secondary N) is 1. The Kier molecular flexibility index (Phi) is 6.33. The largest absolute Gasteiger partial charge is 0.415 e. The Labute approximate surface area is 224 Å². The van der Waals surface area contributed by atoms with E-state index in [0.717, 1.165) is 50.1 Å². The van der Waals surface area contributed by atoms with Crippen LogP contribution in [-0.2, 0) is 0 Å². The molecule has 1 spiro atoms. The van der Waals surface area contributed by atoms with Crippen molar-refractivity contribution in [2.24, 2.45) is 5.41 Å². The Bertz CT molecular complexity index is 1520.